The summed E-state index contributed by atoms with van der Waals surface area (Å²) in [5.74, 6) is -1.21. The van der Waals surface area contributed by atoms with Gasteiger partial charge in [-0.2, -0.15) is 0 Å². The van der Waals surface area contributed by atoms with E-state index in [1.54, 1.807) is 12.4 Å². The van der Waals surface area contributed by atoms with Crippen molar-refractivity contribution >= 4 is 74.4 Å². The number of rotatable bonds is 6. The molecule has 0 fully saturated rings. The third kappa shape index (κ3) is 7.04. The fraction of sp³-hybridized carbons (Fsp3) is 0.417. The van der Waals surface area contributed by atoms with Crippen molar-refractivity contribution in [2.24, 2.45) is 0 Å². The highest BCUT2D eigenvalue weighted by atomic mass is 79.9. The molecule has 38 heavy (non-hydrogen) atoms. The van der Waals surface area contributed by atoms with Crippen LogP contribution >= 0.6 is 31.9 Å². The van der Waals surface area contributed by atoms with E-state index in [9.17, 15) is 9.59 Å². The quantitative estimate of drug-likeness (QED) is 0.191. The van der Waals surface area contributed by atoms with Gasteiger partial charge in [0.2, 0.25) is 0 Å². The summed E-state index contributed by atoms with van der Waals surface area (Å²) in [5.41, 5.74) is 2.09. The largest absolute Gasteiger partial charge is 0.478 e. The minimum atomic E-state index is -1.87. The van der Waals surface area contributed by atoms with Crippen molar-refractivity contribution in [3.63, 3.8) is 0 Å². The molecule has 0 aliphatic heterocycles. The van der Waals surface area contributed by atoms with E-state index in [0.29, 0.717) is 43.7 Å². The predicted octanol–water partition coefficient (Wildman–Crippen LogP) is 5.67. The summed E-state index contributed by atoms with van der Waals surface area (Å²) >= 11 is 6.41. The van der Waals surface area contributed by atoms with Crippen molar-refractivity contribution in [1.29, 1.82) is 0 Å². The molecule has 4 N–H and O–H groups in total. The van der Waals surface area contributed by atoms with Crippen LogP contribution in [0.3, 0.4) is 0 Å². The van der Waals surface area contributed by atoms with Crippen LogP contribution in [0, 0.1) is 0 Å². The number of aromatic carboxylic acids is 1. The maximum atomic E-state index is 12.7. The fourth-order valence-corrected chi connectivity index (χ4v) is 4.78. The van der Waals surface area contributed by atoms with Crippen molar-refractivity contribution in [3.05, 3.63) is 45.1 Å². The van der Waals surface area contributed by atoms with E-state index >= 15 is 0 Å². The lowest BCUT2D eigenvalue weighted by Crippen LogP contribution is -2.51. The van der Waals surface area contributed by atoms with Gasteiger partial charge in [0.1, 0.15) is 25.8 Å². The van der Waals surface area contributed by atoms with E-state index in [-0.39, 0.29) is 16.5 Å². The molecule has 0 unspecified atom stereocenters. The molecule has 0 bridgehead atoms. The number of H-pyrrole nitrogens is 2. The Balaban J connectivity index is 0.000000256. The summed E-state index contributed by atoms with van der Waals surface area (Å²) in [6.45, 7) is 15.4. The van der Waals surface area contributed by atoms with Crippen molar-refractivity contribution in [2.45, 2.75) is 58.3 Å². The number of hydrogen-bond donors (Lipinski definition) is 4. The van der Waals surface area contributed by atoms with Crippen LogP contribution in [0.1, 0.15) is 55.3 Å². The van der Waals surface area contributed by atoms with Crippen LogP contribution in [0.15, 0.2) is 34.0 Å². The molecule has 11 nitrogen and oxygen atoms in total. The zero-order valence-electron chi connectivity index (χ0n) is 22.2. The second kappa shape index (κ2) is 11.2. The molecule has 4 rings (SSSR count). The molecule has 204 valence electrons. The number of nitrogens with one attached hydrogen (secondary N) is 3. The maximum absolute atomic E-state index is 12.7. The number of hydrogen-bond acceptors (Lipinski definition) is 7. The second-order valence-electron chi connectivity index (χ2n) is 10.9. The van der Waals surface area contributed by atoms with Gasteiger partial charge in [0.05, 0.1) is 30.1 Å². The number of fused-ring (bicyclic) bond motifs is 2. The Hall–Kier alpha value is -2.68. The van der Waals surface area contributed by atoms with Gasteiger partial charge in [-0.1, -0.05) is 20.8 Å². The molecule has 4 heterocycles. The smallest absolute Gasteiger partial charge is 0.339 e. The Morgan fingerprint density at radius 2 is 1.42 bits per heavy atom. The van der Waals surface area contributed by atoms with Gasteiger partial charge in [0, 0.05) is 12.4 Å². The van der Waals surface area contributed by atoms with Crippen LogP contribution in [0.5, 0.6) is 0 Å². The van der Waals surface area contributed by atoms with Gasteiger partial charge >= 0.3 is 5.97 Å². The maximum Gasteiger partial charge on any atom is 0.339 e. The molecule has 0 aliphatic carbocycles. The zero-order valence-corrected chi connectivity index (χ0v) is 26.4. The number of amides is 1. The van der Waals surface area contributed by atoms with E-state index in [1.807, 2.05) is 13.8 Å². The molecule has 0 saturated carbocycles. The van der Waals surface area contributed by atoms with Crippen LogP contribution in [-0.4, -0.2) is 67.4 Å². The SMILES string of the molecule is CC(C)(CO[Si](C)(C)C(C)(C)C)NC(=O)c1c[nH]c2ncc(Br)nc12.O=C(O)c1c[nH]c2ncc(Br)nc12. The predicted molar refractivity (Wildman–Crippen MR) is 155 cm³/mol. The molecular formula is C24H31Br2N7O4Si. The van der Waals surface area contributed by atoms with E-state index in [0.717, 1.165) is 0 Å². The fourth-order valence-electron chi connectivity index (χ4n) is 3.06. The standard InChI is InChI=1S/C17H27BrN4O2Si.C7H4BrN3O2/c1-16(2,3)25(6,7)24-10-17(4,5)22-15(23)11-8-19-14-13(11)21-12(18)9-20-14;8-4-2-10-6-5(11-4)3(1-9-6)7(12)13/h8-9H,10H2,1-7H3,(H,19,20)(H,22,23);1-2H,(H,9,10)(H,12,13). The van der Waals surface area contributed by atoms with E-state index in [2.05, 4.69) is 101 Å². The highest BCUT2D eigenvalue weighted by Crippen LogP contribution is 2.37. The average Bonchev–Trinajstić information content (AvgIpc) is 3.41. The van der Waals surface area contributed by atoms with Gasteiger partial charge in [0.15, 0.2) is 19.6 Å². The monoisotopic (exact) mass is 667 g/mol. The summed E-state index contributed by atoms with van der Waals surface area (Å²) in [4.78, 5) is 45.6. The molecule has 1 amide bonds. The lowest BCUT2D eigenvalue weighted by atomic mass is 10.1. The van der Waals surface area contributed by atoms with Crippen LogP contribution in [-0.2, 0) is 4.43 Å². The molecule has 0 aliphatic rings. The molecule has 4 aromatic rings. The Morgan fingerprint density at radius 1 is 0.947 bits per heavy atom. The number of carboxylic acids is 1. The van der Waals surface area contributed by atoms with Crippen LogP contribution in [0.25, 0.3) is 22.3 Å². The van der Waals surface area contributed by atoms with Crippen LogP contribution < -0.4 is 5.32 Å². The molecule has 0 spiro atoms. The second-order valence-corrected chi connectivity index (χ2v) is 17.3. The van der Waals surface area contributed by atoms with E-state index < -0.39 is 19.8 Å². The molecule has 4 aromatic heterocycles. The molecule has 0 aromatic carbocycles. The van der Waals surface area contributed by atoms with Crippen LogP contribution in [0.4, 0.5) is 0 Å². The summed E-state index contributed by atoms with van der Waals surface area (Å²) in [5, 5.41) is 11.9. The molecule has 14 heteroatoms. The average molecular weight is 669 g/mol. The van der Waals surface area contributed by atoms with Gasteiger partial charge in [-0.25, -0.2) is 24.7 Å². The summed E-state index contributed by atoms with van der Waals surface area (Å²) in [7, 11) is -1.87. The van der Waals surface area contributed by atoms with Crippen molar-refractivity contribution in [2.75, 3.05) is 6.61 Å². The number of carboxylic acid groups (broad SMARTS) is 1. The lowest BCUT2D eigenvalue weighted by molar-refractivity contribution is 0.0698. The Morgan fingerprint density at radius 3 is 1.89 bits per heavy atom. The minimum Gasteiger partial charge on any atom is -0.478 e. The first-order valence-corrected chi connectivity index (χ1v) is 16.2. The number of aromatic nitrogens is 6. The van der Waals surface area contributed by atoms with E-state index in [1.165, 1.54) is 12.4 Å². The third-order valence-electron chi connectivity index (χ3n) is 6.23. The molecule has 0 saturated heterocycles. The molecule has 0 atom stereocenters. The minimum absolute atomic E-state index is 0.129. The highest BCUT2D eigenvalue weighted by Gasteiger charge is 2.38. The first kappa shape index (κ1) is 29.9. The van der Waals surface area contributed by atoms with Gasteiger partial charge in [-0.3, -0.25) is 4.79 Å². The Bertz CT molecular complexity index is 1480. The van der Waals surface area contributed by atoms with Crippen molar-refractivity contribution in [3.8, 4) is 0 Å². The van der Waals surface area contributed by atoms with Gasteiger partial charge < -0.3 is 24.8 Å². The lowest BCUT2D eigenvalue weighted by Gasteiger charge is -2.39. The first-order valence-electron chi connectivity index (χ1n) is 11.7. The zero-order chi connectivity index (χ0) is 28.5. The van der Waals surface area contributed by atoms with Crippen molar-refractivity contribution in [1.82, 2.24) is 35.2 Å². The Labute approximate surface area is 238 Å². The summed E-state index contributed by atoms with van der Waals surface area (Å²) < 4.78 is 7.37. The number of carbonyl (C=O) groups is 2. The number of aromatic amines is 2. The first-order chi connectivity index (χ1) is 17.5. The number of nitrogens with zero attached hydrogens (tertiary/aromatic N) is 4. The highest BCUT2D eigenvalue weighted by molar-refractivity contribution is 9.10. The topological polar surface area (TPSA) is 159 Å². The van der Waals surface area contributed by atoms with Gasteiger partial charge in [-0.15, -0.1) is 0 Å². The van der Waals surface area contributed by atoms with Gasteiger partial charge in [-0.05, 0) is 63.8 Å². The number of halogens is 2. The summed E-state index contributed by atoms with van der Waals surface area (Å²) in [6, 6.07) is 0. The molecule has 0 radical (unpaired) electrons. The van der Waals surface area contributed by atoms with Crippen LogP contribution in [0.2, 0.25) is 18.1 Å². The summed E-state index contributed by atoms with van der Waals surface area (Å²) in [6.07, 6.45) is 6.11. The van der Waals surface area contributed by atoms with Crippen molar-refractivity contribution < 1.29 is 19.1 Å². The Kier molecular flexibility index (Phi) is 8.80. The molecular weight excluding hydrogens is 638 g/mol. The normalized spacial score (nSPS) is 12.3. The number of carbonyl (C=O) groups excluding carboxylic acids is 1. The third-order valence-corrected chi connectivity index (χ3v) is 11.5. The van der Waals surface area contributed by atoms with E-state index in [4.69, 9.17) is 9.53 Å². The van der Waals surface area contributed by atoms with Gasteiger partial charge in [0.25, 0.3) is 5.91 Å².